The van der Waals surface area contributed by atoms with Gasteiger partial charge in [0.1, 0.15) is 5.75 Å². The fourth-order valence-corrected chi connectivity index (χ4v) is 6.03. The van der Waals surface area contributed by atoms with Crippen LogP contribution in [0.1, 0.15) is 81.1 Å². The summed E-state index contributed by atoms with van der Waals surface area (Å²) < 4.78 is 5.89. The third-order valence-electron chi connectivity index (χ3n) is 7.15. The average Bonchev–Trinajstić information content (AvgIpc) is 3.34. The first-order valence-electron chi connectivity index (χ1n) is 12.4. The number of thiophene rings is 1. The van der Waals surface area contributed by atoms with Crippen molar-refractivity contribution in [2.24, 2.45) is 0 Å². The van der Waals surface area contributed by atoms with Gasteiger partial charge in [0.05, 0.1) is 12.7 Å². The van der Waals surface area contributed by atoms with Crippen LogP contribution in [0.15, 0.2) is 41.8 Å². The number of hydrogen-bond donors (Lipinski definition) is 1. The first-order chi connectivity index (χ1) is 15.6. The van der Waals surface area contributed by atoms with Gasteiger partial charge in [-0.2, -0.15) is 0 Å². The smallest absolute Gasteiger partial charge is 0.262 e. The van der Waals surface area contributed by atoms with Gasteiger partial charge in [-0.3, -0.25) is 10.1 Å². The van der Waals surface area contributed by atoms with E-state index >= 15 is 0 Å². The van der Waals surface area contributed by atoms with Crippen LogP contribution in [-0.4, -0.2) is 29.1 Å². The molecule has 1 saturated heterocycles. The van der Waals surface area contributed by atoms with E-state index < -0.39 is 0 Å². The van der Waals surface area contributed by atoms with E-state index in [4.69, 9.17) is 4.74 Å². The summed E-state index contributed by atoms with van der Waals surface area (Å²) in [7, 11) is 0. The predicted octanol–water partition coefficient (Wildman–Crippen LogP) is 6.44. The summed E-state index contributed by atoms with van der Waals surface area (Å²) in [6, 6.07) is 12.1. The molecule has 5 heteroatoms. The second kappa shape index (κ2) is 11.3. The molecule has 2 fully saturated rings. The Labute approximate surface area is 197 Å². The molecular weight excluding hydrogens is 416 g/mol. The van der Waals surface area contributed by atoms with Crippen molar-refractivity contribution in [2.75, 3.05) is 6.61 Å². The maximum Gasteiger partial charge on any atom is 0.262 e. The molecule has 4 nitrogen and oxygen atoms in total. The largest absolute Gasteiger partial charge is 0.484 e. The molecule has 0 radical (unpaired) electrons. The number of rotatable bonds is 6. The normalized spacial score (nSPS) is 21.3. The standard InChI is InChI=1S/C27H38N2O2S/c1-22-12-14-23(15-13-22)31-21-26(30)29(20-24-10-9-19-32-24)25-11-8-18-27(28-25)16-6-4-2-3-5-7-17-27/h9-10,12-15,19,25,28H,2-8,11,16-18,20-21H2,1H3. The third-order valence-corrected chi connectivity index (χ3v) is 8.01. The minimum absolute atomic E-state index is 0.0663. The first kappa shape index (κ1) is 23.3. The molecule has 2 aliphatic rings. The molecule has 1 aromatic heterocycles. The number of benzene rings is 1. The first-order valence-corrected chi connectivity index (χ1v) is 13.3. The van der Waals surface area contributed by atoms with Crippen LogP contribution < -0.4 is 10.1 Å². The van der Waals surface area contributed by atoms with Gasteiger partial charge in [0.15, 0.2) is 6.61 Å². The van der Waals surface area contributed by atoms with Gasteiger partial charge in [0.25, 0.3) is 5.91 Å². The summed E-state index contributed by atoms with van der Waals surface area (Å²) in [6.07, 6.45) is 14.0. The lowest BCUT2D eigenvalue weighted by Gasteiger charge is -2.46. The van der Waals surface area contributed by atoms with Crippen molar-refractivity contribution in [3.05, 3.63) is 52.2 Å². The van der Waals surface area contributed by atoms with Crippen LogP contribution in [0.3, 0.4) is 0 Å². The molecule has 1 unspecified atom stereocenters. The van der Waals surface area contributed by atoms with Crippen LogP contribution in [0.4, 0.5) is 0 Å². The van der Waals surface area contributed by atoms with E-state index in [-0.39, 0.29) is 24.2 Å². The molecule has 32 heavy (non-hydrogen) atoms. The summed E-state index contributed by atoms with van der Waals surface area (Å²) in [4.78, 5) is 16.7. The Morgan fingerprint density at radius 1 is 1.03 bits per heavy atom. The molecule has 1 aliphatic heterocycles. The molecule has 1 atom stereocenters. The second-order valence-corrected chi connectivity index (χ2v) is 10.7. The van der Waals surface area contributed by atoms with Crippen LogP contribution in [0.2, 0.25) is 0 Å². The van der Waals surface area contributed by atoms with Crippen molar-refractivity contribution in [1.82, 2.24) is 10.2 Å². The van der Waals surface area contributed by atoms with Gasteiger partial charge in [0.2, 0.25) is 0 Å². The van der Waals surface area contributed by atoms with Crippen LogP contribution >= 0.6 is 11.3 Å². The Hall–Kier alpha value is -1.85. The molecule has 1 N–H and O–H groups in total. The van der Waals surface area contributed by atoms with E-state index in [1.807, 2.05) is 29.2 Å². The number of ether oxygens (including phenoxy) is 1. The van der Waals surface area contributed by atoms with E-state index in [0.29, 0.717) is 6.54 Å². The van der Waals surface area contributed by atoms with Crippen molar-refractivity contribution in [3.63, 3.8) is 0 Å². The lowest BCUT2D eigenvalue weighted by Crippen LogP contribution is -2.61. The van der Waals surface area contributed by atoms with E-state index in [9.17, 15) is 4.79 Å². The summed E-state index contributed by atoms with van der Waals surface area (Å²) in [5, 5.41) is 6.11. The van der Waals surface area contributed by atoms with E-state index in [2.05, 4.69) is 29.8 Å². The number of hydrogen-bond acceptors (Lipinski definition) is 4. The lowest BCUT2D eigenvalue weighted by molar-refractivity contribution is -0.138. The van der Waals surface area contributed by atoms with Crippen molar-refractivity contribution < 1.29 is 9.53 Å². The fourth-order valence-electron chi connectivity index (χ4n) is 5.32. The molecule has 0 bridgehead atoms. The van der Waals surface area contributed by atoms with Gasteiger partial charge < -0.3 is 9.64 Å². The quantitative estimate of drug-likeness (QED) is 0.546. The highest BCUT2D eigenvalue weighted by atomic mass is 32.1. The van der Waals surface area contributed by atoms with Gasteiger partial charge in [-0.25, -0.2) is 0 Å². The van der Waals surface area contributed by atoms with Gasteiger partial charge in [-0.15, -0.1) is 11.3 Å². The zero-order chi connectivity index (χ0) is 22.2. The number of nitrogens with one attached hydrogen (secondary N) is 1. The van der Waals surface area contributed by atoms with E-state index in [0.717, 1.165) is 12.2 Å². The Morgan fingerprint density at radius 2 is 1.72 bits per heavy atom. The zero-order valence-electron chi connectivity index (χ0n) is 19.5. The highest BCUT2D eigenvalue weighted by Gasteiger charge is 2.38. The van der Waals surface area contributed by atoms with Crippen LogP contribution in [0.25, 0.3) is 0 Å². The number of carbonyl (C=O) groups excluding carboxylic acids is 1. The third kappa shape index (κ3) is 6.35. The lowest BCUT2D eigenvalue weighted by atomic mass is 9.79. The molecular formula is C27H38N2O2S. The Bertz CT molecular complexity index is 824. The number of nitrogens with zero attached hydrogens (tertiary/aromatic N) is 1. The summed E-state index contributed by atoms with van der Waals surface area (Å²) in [6.45, 7) is 2.79. The summed E-state index contributed by atoms with van der Waals surface area (Å²) in [5.41, 5.74) is 1.38. The van der Waals surface area contributed by atoms with Gasteiger partial charge in [-0.05, 0) is 62.6 Å². The topological polar surface area (TPSA) is 41.6 Å². The van der Waals surface area contributed by atoms with Crippen molar-refractivity contribution in [2.45, 2.75) is 95.8 Å². The summed E-state index contributed by atoms with van der Waals surface area (Å²) in [5.74, 6) is 0.820. The van der Waals surface area contributed by atoms with Crippen molar-refractivity contribution in [3.8, 4) is 5.75 Å². The minimum Gasteiger partial charge on any atom is -0.484 e. The molecule has 1 aromatic carbocycles. The molecule has 2 heterocycles. The summed E-state index contributed by atoms with van der Waals surface area (Å²) >= 11 is 1.72. The molecule has 1 spiro atoms. The number of amides is 1. The number of aryl methyl sites for hydroxylation is 1. The van der Waals surface area contributed by atoms with Crippen molar-refractivity contribution in [1.29, 1.82) is 0 Å². The maximum absolute atomic E-state index is 13.4. The monoisotopic (exact) mass is 454 g/mol. The van der Waals surface area contributed by atoms with E-state index in [1.54, 1.807) is 11.3 Å². The Morgan fingerprint density at radius 3 is 2.41 bits per heavy atom. The number of piperidine rings is 1. The molecule has 1 amide bonds. The van der Waals surface area contributed by atoms with Crippen LogP contribution in [0.5, 0.6) is 5.75 Å². The highest BCUT2D eigenvalue weighted by molar-refractivity contribution is 7.09. The number of carbonyl (C=O) groups is 1. The van der Waals surface area contributed by atoms with Crippen LogP contribution in [0, 0.1) is 6.92 Å². The highest BCUT2D eigenvalue weighted by Crippen LogP contribution is 2.35. The van der Waals surface area contributed by atoms with Gasteiger partial charge in [-0.1, -0.05) is 62.3 Å². The Kier molecular flexibility index (Phi) is 8.26. The average molecular weight is 455 g/mol. The Balaban J connectivity index is 1.47. The molecule has 1 saturated carbocycles. The van der Waals surface area contributed by atoms with E-state index in [1.165, 1.54) is 74.6 Å². The minimum atomic E-state index is 0.0663. The molecule has 4 rings (SSSR count). The molecule has 174 valence electrons. The SMILES string of the molecule is Cc1ccc(OCC(=O)N(Cc2cccs2)C2CCCC3(CCCCCCCC3)N2)cc1. The molecule has 1 aliphatic carbocycles. The van der Waals surface area contributed by atoms with Crippen LogP contribution in [-0.2, 0) is 11.3 Å². The van der Waals surface area contributed by atoms with Gasteiger partial charge in [0, 0.05) is 10.4 Å². The maximum atomic E-state index is 13.4. The fraction of sp³-hybridized carbons (Fsp3) is 0.593. The predicted molar refractivity (Wildman–Crippen MR) is 132 cm³/mol. The van der Waals surface area contributed by atoms with Crippen molar-refractivity contribution >= 4 is 17.2 Å². The molecule has 2 aromatic rings. The van der Waals surface area contributed by atoms with Gasteiger partial charge >= 0.3 is 0 Å². The second-order valence-electron chi connectivity index (χ2n) is 9.66. The zero-order valence-corrected chi connectivity index (χ0v) is 20.3.